The highest BCUT2D eigenvalue weighted by atomic mass is 13.5. The molecule has 0 aromatic carbocycles. The molecule has 0 N–H and O–H groups in total. The van der Waals surface area contributed by atoms with Gasteiger partial charge in [-0.3, -0.25) is 0 Å². The van der Waals surface area contributed by atoms with Crippen molar-refractivity contribution in [3.63, 3.8) is 0 Å². The summed E-state index contributed by atoms with van der Waals surface area (Å²) in [6.07, 6.45) is 2.44. The molecule has 0 bridgehead atoms. The maximum atomic E-state index is 2.25. The molecule has 0 saturated heterocycles. The summed E-state index contributed by atoms with van der Waals surface area (Å²) in [5, 5.41) is 0. The molecule has 0 aliphatic heterocycles. The molecule has 0 heterocycles. The maximum absolute atomic E-state index is 2.25. The molecule has 0 nitrogen and oxygen atoms in total. The van der Waals surface area contributed by atoms with E-state index in [-0.39, 0.29) is 29.7 Å². The van der Waals surface area contributed by atoms with Crippen LogP contribution in [0.5, 0.6) is 0 Å². The van der Waals surface area contributed by atoms with Gasteiger partial charge in [0.15, 0.2) is 0 Å². The van der Waals surface area contributed by atoms with Gasteiger partial charge in [-0.1, -0.05) is 70.0 Å². The normalized spacial score (nSPS) is 4.00. The molecular weight excluding hydrogens is 131 g/mol. The van der Waals surface area contributed by atoms with Crippen molar-refractivity contribution in [3.8, 4) is 0 Å². The average Bonchev–Trinajstić information content (AvgIpc) is 1.75. The Hall–Kier alpha value is 0.0649. The van der Waals surface area contributed by atoms with E-state index in [0.717, 1.165) is 0 Å². The van der Waals surface area contributed by atoms with E-state index >= 15 is 0 Å². The molecule has 0 spiro atoms. The molecule has 0 amide bonds. The largest absolute Gasteiger partial charge is 0.108 e. The van der Waals surface area contributed by atoms with Crippen LogP contribution >= 0.6 is 0 Å². The Morgan fingerprint density at radius 1 is 0.727 bits per heavy atom. The highest BCUT2D eigenvalue weighted by Crippen LogP contribution is 1.77. The first-order valence-corrected chi connectivity index (χ1v) is 3.23. The molecule has 0 aliphatic rings. The van der Waals surface area contributed by atoms with Crippen molar-refractivity contribution in [1.82, 2.24) is 0 Å². The number of hydrogen-bond acceptors (Lipinski definition) is 0. The summed E-state index contributed by atoms with van der Waals surface area (Å²) in [7, 11) is 2.25. The molecule has 1 heteroatoms. The lowest BCUT2D eigenvalue weighted by Crippen LogP contribution is -1.76. The van der Waals surface area contributed by atoms with Gasteiger partial charge in [-0.25, -0.2) is 0 Å². The van der Waals surface area contributed by atoms with Crippen LogP contribution in [0.2, 0.25) is 12.6 Å². The molecular formula is C10H32B. The smallest absolute Gasteiger partial charge is 0.0831 e. The zero-order valence-corrected chi connectivity index (χ0v) is 5.99. The molecule has 11 heavy (non-hydrogen) atoms. The molecule has 1 radical (unpaired) electrons. The second-order valence-corrected chi connectivity index (χ2v) is 1.11. The van der Waals surface area contributed by atoms with E-state index < -0.39 is 0 Å². The predicted molar refractivity (Wildman–Crippen MR) is 65.0 cm³/mol. The summed E-state index contributed by atoms with van der Waals surface area (Å²) in [6.45, 7) is 8.31. The number of rotatable bonds is 2. The van der Waals surface area contributed by atoms with E-state index in [9.17, 15) is 0 Å². The lowest BCUT2D eigenvalue weighted by atomic mass is 9.73. The van der Waals surface area contributed by atoms with Crippen molar-refractivity contribution in [2.75, 3.05) is 0 Å². The van der Waals surface area contributed by atoms with Crippen molar-refractivity contribution in [2.24, 2.45) is 0 Å². The molecule has 75 valence electrons. The third-order valence-electron chi connectivity index (χ3n) is 0.577. The van der Waals surface area contributed by atoms with Crippen molar-refractivity contribution < 1.29 is 0 Å². The van der Waals surface area contributed by atoms with Crippen molar-refractivity contribution in [3.05, 3.63) is 0 Å². The molecule has 0 rings (SSSR count). The number of hydrogen-bond donors (Lipinski definition) is 0. The van der Waals surface area contributed by atoms with Crippen LogP contribution in [0.25, 0.3) is 0 Å². The van der Waals surface area contributed by atoms with Gasteiger partial charge in [0, 0.05) is 0 Å². The minimum Gasteiger partial charge on any atom is -0.0831 e. The Morgan fingerprint density at radius 3 is 0.909 bits per heavy atom. The molecule has 0 unspecified atom stereocenters. The Morgan fingerprint density at radius 2 is 0.909 bits per heavy atom. The van der Waals surface area contributed by atoms with Crippen LogP contribution in [0.15, 0.2) is 0 Å². The van der Waals surface area contributed by atoms with Crippen molar-refractivity contribution in [2.45, 2.75) is 70.0 Å². The summed E-state index contributed by atoms with van der Waals surface area (Å²) in [5.74, 6) is 0. The van der Waals surface area contributed by atoms with Crippen LogP contribution in [0.4, 0.5) is 0 Å². The Balaban J connectivity index is -0.00000000972. The van der Waals surface area contributed by atoms with E-state index in [4.69, 9.17) is 0 Å². The molecule has 0 aliphatic carbocycles. The fourth-order valence-electron chi connectivity index (χ4n) is 0.289. The zero-order chi connectivity index (χ0) is 6.12. The van der Waals surface area contributed by atoms with Crippen LogP contribution in [0.3, 0.4) is 0 Å². The molecule has 0 atom stereocenters. The van der Waals surface area contributed by atoms with Crippen molar-refractivity contribution in [1.29, 1.82) is 0 Å². The van der Waals surface area contributed by atoms with Gasteiger partial charge < -0.3 is 0 Å². The summed E-state index contributed by atoms with van der Waals surface area (Å²) in [5.41, 5.74) is 0. The SMILES string of the molecule is C.C.C.C.CC.CC[B]CC. The first kappa shape index (κ1) is 43.7. The highest BCUT2D eigenvalue weighted by molar-refractivity contribution is 6.34. The first-order chi connectivity index (χ1) is 3.41. The van der Waals surface area contributed by atoms with Crippen LogP contribution in [0.1, 0.15) is 57.4 Å². The minimum atomic E-state index is 0. The maximum Gasteiger partial charge on any atom is 0.108 e. The molecule has 0 saturated carbocycles. The van der Waals surface area contributed by atoms with Gasteiger partial charge in [0.1, 0.15) is 7.28 Å². The quantitative estimate of drug-likeness (QED) is 0.494. The van der Waals surface area contributed by atoms with Gasteiger partial charge in [-0.05, 0) is 0 Å². The standard InChI is InChI=1S/C4H10B.C2H6.4CH4/c1-3-5-4-2;1-2;;;;/h3-4H2,1-2H3;1-2H3;4*1H4. The predicted octanol–water partition coefficient (Wildman–Crippen LogP) is 5.14. The summed E-state index contributed by atoms with van der Waals surface area (Å²) in [4.78, 5) is 0. The third-order valence-corrected chi connectivity index (χ3v) is 0.577. The van der Waals surface area contributed by atoms with Gasteiger partial charge in [-0.15, -0.1) is 0 Å². The fraction of sp³-hybridized carbons (Fsp3) is 1.00. The first-order valence-electron chi connectivity index (χ1n) is 3.23. The average molecular weight is 163 g/mol. The fourth-order valence-corrected chi connectivity index (χ4v) is 0.289. The Labute approximate surface area is 78.0 Å². The monoisotopic (exact) mass is 163 g/mol. The second kappa shape index (κ2) is 88.0. The Kier molecular flexibility index (Phi) is 350. The van der Waals surface area contributed by atoms with E-state index in [2.05, 4.69) is 21.1 Å². The van der Waals surface area contributed by atoms with E-state index in [1.807, 2.05) is 13.8 Å². The lowest BCUT2D eigenvalue weighted by Gasteiger charge is -1.75. The highest BCUT2D eigenvalue weighted by Gasteiger charge is 1.72. The molecule has 0 aromatic heterocycles. The van der Waals surface area contributed by atoms with Crippen LogP contribution in [-0.2, 0) is 0 Å². The van der Waals surface area contributed by atoms with E-state index in [1.54, 1.807) is 0 Å². The minimum absolute atomic E-state index is 0. The van der Waals surface area contributed by atoms with Crippen LogP contribution < -0.4 is 0 Å². The Bertz CT molecular complexity index is 12.3. The van der Waals surface area contributed by atoms with Gasteiger partial charge in [0.05, 0.1) is 0 Å². The van der Waals surface area contributed by atoms with E-state index in [0.29, 0.717) is 0 Å². The van der Waals surface area contributed by atoms with Crippen molar-refractivity contribution >= 4 is 7.28 Å². The summed E-state index contributed by atoms with van der Waals surface area (Å²) in [6, 6.07) is 0. The second-order valence-electron chi connectivity index (χ2n) is 1.11. The molecule has 0 fully saturated rings. The topological polar surface area (TPSA) is 0 Å². The van der Waals surface area contributed by atoms with Gasteiger partial charge in [-0.2, -0.15) is 0 Å². The van der Waals surface area contributed by atoms with Gasteiger partial charge in [0.25, 0.3) is 0 Å². The van der Waals surface area contributed by atoms with Crippen LogP contribution in [-0.4, -0.2) is 7.28 Å². The van der Waals surface area contributed by atoms with E-state index in [1.165, 1.54) is 12.6 Å². The molecule has 0 aromatic rings. The third kappa shape index (κ3) is 154. The van der Waals surface area contributed by atoms with Crippen LogP contribution in [0, 0.1) is 0 Å². The van der Waals surface area contributed by atoms with Gasteiger partial charge >= 0.3 is 0 Å². The lowest BCUT2D eigenvalue weighted by molar-refractivity contribution is 1.36. The van der Waals surface area contributed by atoms with Gasteiger partial charge in [0.2, 0.25) is 0 Å². The summed E-state index contributed by atoms with van der Waals surface area (Å²) < 4.78 is 0. The summed E-state index contributed by atoms with van der Waals surface area (Å²) >= 11 is 0. The zero-order valence-electron chi connectivity index (χ0n) is 5.99.